The van der Waals surface area contributed by atoms with Gasteiger partial charge in [-0.1, -0.05) is 44.2 Å². The number of carbonyl (C=O) groups is 1. The first-order chi connectivity index (χ1) is 12.3. The normalized spacial score (nSPS) is 15.2. The summed E-state index contributed by atoms with van der Waals surface area (Å²) in [6, 6.07) is 12.1. The van der Waals surface area contributed by atoms with E-state index in [1.54, 1.807) is 11.5 Å². The van der Waals surface area contributed by atoms with Gasteiger partial charge in [0.15, 0.2) is 0 Å². The second-order valence-electron chi connectivity index (χ2n) is 6.74. The summed E-state index contributed by atoms with van der Waals surface area (Å²) in [5.74, 6) is -0.448. The van der Waals surface area contributed by atoms with E-state index in [-0.39, 0.29) is 0 Å². The number of amides is 1. The van der Waals surface area contributed by atoms with Gasteiger partial charge in [-0.3, -0.25) is 10.0 Å². The van der Waals surface area contributed by atoms with Crippen molar-refractivity contribution in [3.8, 4) is 0 Å². The molecule has 0 aromatic heterocycles. The molecule has 142 valence electrons. The maximum Gasteiger partial charge on any atom is 0.264 e. The molecular formula is C19H26N2O4S. The van der Waals surface area contributed by atoms with Crippen molar-refractivity contribution >= 4 is 27.7 Å². The van der Waals surface area contributed by atoms with E-state index in [1.165, 1.54) is 11.2 Å². The molecule has 7 heteroatoms. The van der Waals surface area contributed by atoms with Gasteiger partial charge in [-0.2, -0.15) is 0 Å². The molecule has 6 nitrogen and oxygen atoms in total. The highest BCUT2D eigenvalue weighted by Crippen LogP contribution is 2.22. The lowest BCUT2D eigenvalue weighted by molar-refractivity contribution is -0.136. The Bertz CT molecular complexity index is 779. The fraction of sp³-hybridized carbons (Fsp3) is 0.421. The molecule has 0 saturated heterocycles. The first-order valence-electron chi connectivity index (χ1n) is 8.64. The van der Waals surface area contributed by atoms with Crippen LogP contribution in [0, 0.1) is 5.92 Å². The molecule has 0 heterocycles. The highest BCUT2D eigenvalue weighted by molar-refractivity contribution is 7.82. The lowest BCUT2D eigenvalue weighted by atomic mass is 10.1. The molecule has 0 aliphatic carbocycles. The van der Waals surface area contributed by atoms with Gasteiger partial charge in [0, 0.05) is 6.54 Å². The monoisotopic (exact) mass is 378 g/mol. The molecule has 0 aliphatic rings. The van der Waals surface area contributed by atoms with Gasteiger partial charge < -0.3 is 5.11 Å². The number of aliphatic hydroxyl groups excluding tert-OH is 1. The van der Waals surface area contributed by atoms with Crippen LogP contribution in [0.3, 0.4) is 0 Å². The minimum Gasteiger partial charge on any atom is -0.391 e. The van der Waals surface area contributed by atoms with Crippen molar-refractivity contribution in [3.05, 3.63) is 42.5 Å². The molecule has 0 radical (unpaired) electrons. The van der Waals surface area contributed by atoms with E-state index in [9.17, 15) is 14.1 Å². The zero-order valence-electron chi connectivity index (χ0n) is 15.3. The Hall–Kier alpha value is -1.80. The van der Waals surface area contributed by atoms with Crippen LogP contribution < -0.4 is 5.48 Å². The first-order valence-corrected chi connectivity index (χ1v) is 9.75. The maximum atomic E-state index is 13.2. The van der Waals surface area contributed by atoms with Gasteiger partial charge in [0.25, 0.3) is 5.91 Å². The Morgan fingerprint density at radius 3 is 2.38 bits per heavy atom. The summed E-state index contributed by atoms with van der Waals surface area (Å²) >= 11 is 0. The summed E-state index contributed by atoms with van der Waals surface area (Å²) in [5, 5.41) is 21.1. The van der Waals surface area contributed by atoms with Crippen LogP contribution in [0.5, 0.6) is 0 Å². The van der Waals surface area contributed by atoms with Crippen LogP contribution in [-0.4, -0.2) is 43.4 Å². The van der Waals surface area contributed by atoms with Crippen molar-refractivity contribution in [2.24, 2.45) is 5.92 Å². The van der Waals surface area contributed by atoms with E-state index in [1.807, 2.05) is 50.2 Å². The standard InChI is InChI=1S/C19H26N2O4S/c1-13(2)10-11-21(18(14(3)22)19(23)20-24)26(25)17-9-8-15-6-4-5-7-16(15)12-17/h4-9,12-14,18,22,24H,10-11H2,1-3H3,(H,20,23). The molecule has 3 atom stereocenters. The van der Waals surface area contributed by atoms with Crippen molar-refractivity contribution in [2.45, 2.75) is 44.2 Å². The molecule has 0 fully saturated rings. The van der Waals surface area contributed by atoms with E-state index >= 15 is 0 Å². The van der Waals surface area contributed by atoms with E-state index in [0.29, 0.717) is 23.8 Å². The summed E-state index contributed by atoms with van der Waals surface area (Å²) in [6.45, 7) is 5.85. The number of nitrogens with zero attached hydrogens (tertiary/aromatic N) is 1. The van der Waals surface area contributed by atoms with Crippen molar-refractivity contribution in [3.63, 3.8) is 0 Å². The number of aliphatic hydroxyl groups is 1. The number of hydrogen-bond donors (Lipinski definition) is 3. The summed E-state index contributed by atoms with van der Waals surface area (Å²) in [4.78, 5) is 12.6. The summed E-state index contributed by atoms with van der Waals surface area (Å²) in [7, 11) is -1.67. The third-order valence-electron chi connectivity index (χ3n) is 4.21. The zero-order chi connectivity index (χ0) is 19.3. The molecule has 0 saturated carbocycles. The first kappa shape index (κ1) is 20.5. The average Bonchev–Trinajstić information content (AvgIpc) is 2.63. The topological polar surface area (TPSA) is 89.9 Å². The third kappa shape index (κ3) is 4.88. The number of fused-ring (bicyclic) bond motifs is 1. The summed E-state index contributed by atoms with van der Waals surface area (Å²) in [6.07, 6.45) is -0.403. The van der Waals surface area contributed by atoms with Gasteiger partial charge >= 0.3 is 0 Å². The molecular weight excluding hydrogens is 352 g/mol. The summed E-state index contributed by atoms with van der Waals surface area (Å²) in [5.41, 5.74) is 1.58. The van der Waals surface area contributed by atoms with E-state index in [0.717, 1.165) is 10.8 Å². The van der Waals surface area contributed by atoms with E-state index < -0.39 is 29.0 Å². The summed E-state index contributed by atoms with van der Waals surface area (Å²) < 4.78 is 14.7. The van der Waals surface area contributed by atoms with Crippen LogP contribution in [0.2, 0.25) is 0 Å². The molecule has 0 aliphatic heterocycles. The fourth-order valence-electron chi connectivity index (χ4n) is 2.78. The van der Waals surface area contributed by atoms with Gasteiger partial charge in [0.1, 0.15) is 17.0 Å². The van der Waals surface area contributed by atoms with E-state index in [2.05, 4.69) is 0 Å². The molecule has 2 aromatic rings. The van der Waals surface area contributed by atoms with Gasteiger partial charge in [-0.25, -0.2) is 14.0 Å². The highest BCUT2D eigenvalue weighted by atomic mass is 32.2. The molecule has 2 rings (SSSR count). The number of hydroxylamine groups is 1. The van der Waals surface area contributed by atoms with Crippen LogP contribution in [0.15, 0.2) is 47.4 Å². The lowest BCUT2D eigenvalue weighted by Crippen LogP contribution is -2.53. The van der Waals surface area contributed by atoms with Crippen LogP contribution >= 0.6 is 0 Å². The number of rotatable bonds is 8. The number of nitrogens with one attached hydrogen (secondary N) is 1. The zero-order valence-corrected chi connectivity index (χ0v) is 16.1. The highest BCUT2D eigenvalue weighted by Gasteiger charge is 2.34. The van der Waals surface area contributed by atoms with E-state index in [4.69, 9.17) is 5.21 Å². The minimum atomic E-state index is -1.67. The Balaban J connectivity index is 2.40. The number of carbonyl (C=O) groups excluding carboxylic acids is 1. The molecule has 1 amide bonds. The van der Waals surface area contributed by atoms with Crippen LogP contribution in [-0.2, 0) is 15.8 Å². The minimum absolute atomic E-state index is 0.331. The Labute approximate surface area is 156 Å². The van der Waals surface area contributed by atoms with Crippen molar-refractivity contribution in [1.82, 2.24) is 9.79 Å². The smallest absolute Gasteiger partial charge is 0.264 e. The molecule has 3 N–H and O–H groups in total. The molecule has 26 heavy (non-hydrogen) atoms. The van der Waals surface area contributed by atoms with Crippen LogP contribution in [0.4, 0.5) is 0 Å². The fourth-order valence-corrected chi connectivity index (χ4v) is 4.21. The Kier molecular flexibility index (Phi) is 7.28. The average molecular weight is 378 g/mol. The lowest BCUT2D eigenvalue weighted by Gasteiger charge is -2.31. The van der Waals surface area contributed by atoms with Crippen LogP contribution in [0.25, 0.3) is 10.8 Å². The van der Waals surface area contributed by atoms with Crippen molar-refractivity contribution in [2.75, 3.05) is 6.54 Å². The predicted octanol–water partition coefficient (Wildman–Crippen LogP) is 2.47. The molecule has 0 spiro atoms. The predicted molar refractivity (Wildman–Crippen MR) is 102 cm³/mol. The largest absolute Gasteiger partial charge is 0.391 e. The van der Waals surface area contributed by atoms with Gasteiger partial charge in [-0.15, -0.1) is 0 Å². The SMILES string of the molecule is CC(C)CCN(C(C(=O)NO)C(C)O)S(=O)c1ccc2ccccc2c1. The van der Waals surface area contributed by atoms with Gasteiger partial charge in [0.05, 0.1) is 11.0 Å². The molecule has 2 aromatic carbocycles. The van der Waals surface area contributed by atoms with Gasteiger partial charge in [-0.05, 0) is 42.2 Å². The number of hydrogen-bond acceptors (Lipinski definition) is 4. The van der Waals surface area contributed by atoms with Crippen LogP contribution in [0.1, 0.15) is 27.2 Å². The van der Waals surface area contributed by atoms with Gasteiger partial charge in [0.2, 0.25) is 0 Å². The quantitative estimate of drug-likeness (QED) is 0.486. The second-order valence-corrected chi connectivity index (χ2v) is 8.18. The number of benzene rings is 2. The third-order valence-corrected chi connectivity index (χ3v) is 5.70. The molecule has 3 unspecified atom stereocenters. The Morgan fingerprint density at radius 2 is 1.81 bits per heavy atom. The second kappa shape index (κ2) is 9.23. The molecule has 0 bridgehead atoms. The van der Waals surface area contributed by atoms with Crippen molar-refractivity contribution < 1.29 is 19.3 Å². The maximum absolute atomic E-state index is 13.2. The Morgan fingerprint density at radius 1 is 1.15 bits per heavy atom. The van der Waals surface area contributed by atoms with Crippen molar-refractivity contribution in [1.29, 1.82) is 0 Å².